The molecule has 0 aliphatic carbocycles. The van der Waals surface area contributed by atoms with Gasteiger partial charge in [-0.25, -0.2) is 4.98 Å². The van der Waals surface area contributed by atoms with Crippen LogP contribution in [-0.4, -0.2) is 50.2 Å². The minimum Gasteiger partial charge on any atom is -0.342 e. The van der Waals surface area contributed by atoms with Gasteiger partial charge in [-0.1, -0.05) is 12.1 Å². The van der Waals surface area contributed by atoms with Gasteiger partial charge in [0.15, 0.2) is 0 Å². The van der Waals surface area contributed by atoms with Gasteiger partial charge in [0, 0.05) is 20.0 Å². The van der Waals surface area contributed by atoms with Crippen LogP contribution in [0.25, 0.3) is 11.0 Å². The van der Waals surface area contributed by atoms with Crippen molar-refractivity contribution >= 4 is 22.6 Å². The van der Waals surface area contributed by atoms with Crippen molar-refractivity contribution in [3.63, 3.8) is 0 Å². The van der Waals surface area contributed by atoms with Crippen LogP contribution in [0, 0.1) is 12.8 Å². The zero-order valence-electron chi connectivity index (χ0n) is 15.9. The fraction of sp³-hybridized carbons (Fsp3) is 0.450. The number of piperidine rings is 1. The van der Waals surface area contributed by atoms with Crippen molar-refractivity contribution in [2.24, 2.45) is 13.0 Å². The molecule has 0 radical (unpaired) electrons. The second kappa shape index (κ2) is 7.52. The number of imidazole rings is 1. The lowest BCUT2D eigenvalue weighted by Crippen LogP contribution is -2.41. The molecule has 27 heavy (non-hydrogen) atoms. The van der Waals surface area contributed by atoms with E-state index in [9.17, 15) is 4.79 Å². The van der Waals surface area contributed by atoms with Crippen molar-refractivity contribution in [3.05, 3.63) is 42.0 Å². The number of H-pyrrole nitrogens is 1. The molecule has 1 fully saturated rings. The number of benzene rings is 1. The smallest absolute Gasteiger partial charge is 0.238 e. The van der Waals surface area contributed by atoms with E-state index in [1.807, 2.05) is 32.2 Å². The number of rotatable bonds is 5. The maximum atomic E-state index is 12.4. The summed E-state index contributed by atoms with van der Waals surface area (Å²) in [6.07, 6.45) is 4.92. The van der Waals surface area contributed by atoms with Crippen LogP contribution in [0.3, 0.4) is 0 Å². The molecular weight excluding hydrogens is 340 g/mol. The molecule has 4 rings (SSSR count). The van der Waals surface area contributed by atoms with Crippen molar-refractivity contribution < 1.29 is 4.79 Å². The highest BCUT2D eigenvalue weighted by Crippen LogP contribution is 2.21. The third-order valence-corrected chi connectivity index (χ3v) is 5.40. The van der Waals surface area contributed by atoms with Crippen molar-refractivity contribution in [1.29, 1.82) is 0 Å². The summed E-state index contributed by atoms with van der Waals surface area (Å²) in [5.41, 5.74) is 3.86. The van der Waals surface area contributed by atoms with Crippen molar-refractivity contribution in [3.8, 4) is 0 Å². The van der Waals surface area contributed by atoms with Crippen LogP contribution < -0.4 is 5.32 Å². The highest BCUT2D eigenvalue weighted by atomic mass is 16.2. The van der Waals surface area contributed by atoms with Crippen molar-refractivity contribution in [1.82, 2.24) is 24.6 Å². The predicted molar refractivity (Wildman–Crippen MR) is 106 cm³/mol. The molecule has 1 aliphatic rings. The summed E-state index contributed by atoms with van der Waals surface area (Å²) in [6, 6.07) is 8.13. The highest BCUT2D eigenvalue weighted by molar-refractivity contribution is 5.92. The van der Waals surface area contributed by atoms with Gasteiger partial charge in [0.05, 0.1) is 35.2 Å². The van der Waals surface area contributed by atoms with Crippen LogP contribution in [-0.2, 0) is 18.3 Å². The van der Waals surface area contributed by atoms with E-state index in [4.69, 9.17) is 4.98 Å². The summed E-state index contributed by atoms with van der Waals surface area (Å²) < 4.78 is 1.76. The van der Waals surface area contributed by atoms with E-state index in [1.54, 1.807) is 10.9 Å². The molecule has 1 amide bonds. The molecule has 1 aromatic carbocycles. The molecule has 0 bridgehead atoms. The number of aryl methyl sites for hydroxylation is 1. The standard InChI is InChI=1S/C20H26N6O/c1-14-18(11-21-25(14)2)24-20(27)13-26-9-5-6-15(12-26)10-19-22-16-7-3-4-8-17(16)23-19/h3-4,7-8,11,15H,5-6,9-10,12-13H2,1-2H3,(H,22,23)(H,24,27). The number of nitrogens with zero attached hydrogens (tertiary/aromatic N) is 4. The SMILES string of the molecule is Cc1c(NC(=O)CN2CCCC(Cc3nc4ccccc4[nH]3)C2)cnn1C. The van der Waals surface area contributed by atoms with Gasteiger partial charge in [-0.15, -0.1) is 0 Å². The number of aromatic nitrogens is 4. The van der Waals surface area contributed by atoms with Gasteiger partial charge in [-0.05, 0) is 44.4 Å². The van der Waals surface area contributed by atoms with E-state index in [0.717, 1.165) is 54.2 Å². The average molecular weight is 366 g/mol. The molecule has 1 unspecified atom stereocenters. The first-order valence-corrected chi connectivity index (χ1v) is 9.53. The number of amides is 1. The average Bonchev–Trinajstić information content (AvgIpc) is 3.19. The lowest BCUT2D eigenvalue weighted by atomic mass is 9.94. The van der Waals surface area contributed by atoms with Gasteiger partial charge in [-0.2, -0.15) is 5.10 Å². The van der Waals surface area contributed by atoms with E-state index in [-0.39, 0.29) is 5.91 Å². The number of anilines is 1. The Kier molecular flexibility index (Phi) is 4.94. The van der Waals surface area contributed by atoms with E-state index >= 15 is 0 Å². The van der Waals surface area contributed by atoms with Gasteiger partial charge >= 0.3 is 0 Å². The van der Waals surface area contributed by atoms with Crippen LogP contribution in [0.4, 0.5) is 5.69 Å². The monoisotopic (exact) mass is 366 g/mol. The van der Waals surface area contributed by atoms with E-state index in [2.05, 4.69) is 26.4 Å². The molecule has 0 saturated carbocycles. The number of carbonyl (C=O) groups is 1. The molecule has 1 atom stereocenters. The van der Waals surface area contributed by atoms with Gasteiger partial charge < -0.3 is 10.3 Å². The number of hydrogen-bond acceptors (Lipinski definition) is 4. The normalized spacial score (nSPS) is 18.1. The van der Waals surface area contributed by atoms with Gasteiger partial charge in [0.2, 0.25) is 5.91 Å². The van der Waals surface area contributed by atoms with E-state index in [1.165, 1.54) is 6.42 Å². The minimum absolute atomic E-state index is 0.0236. The quantitative estimate of drug-likeness (QED) is 0.727. The summed E-state index contributed by atoms with van der Waals surface area (Å²) >= 11 is 0. The van der Waals surface area contributed by atoms with Crippen LogP contribution >= 0.6 is 0 Å². The Morgan fingerprint density at radius 1 is 1.37 bits per heavy atom. The fourth-order valence-corrected chi connectivity index (χ4v) is 3.85. The molecule has 7 heteroatoms. The van der Waals surface area contributed by atoms with Crippen LogP contribution in [0.5, 0.6) is 0 Å². The maximum absolute atomic E-state index is 12.4. The number of likely N-dealkylation sites (tertiary alicyclic amines) is 1. The number of aromatic amines is 1. The minimum atomic E-state index is 0.0236. The number of para-hydroxylation sites is 2. The van der Waals surface area contributed by atoms with Gasteiger partial charge in [-0.3, -0.25) is 14.4 Å². The van der Waals surface area contributed by atoms with Crippen LogP contribution in [0.1, 0.15) is 24.4 Å². The number of nitrogens with one attached hydrogen (secondary N) is 2. The fourth-order valence-electron chi connectivity index (χ4n) is 3.85. The first-order chi connectivity index (χ1) is 13.1. The molecular formula is C20H26N6O. The van der Waals surface area contributed by atoms with E-state index < -0.39 is 0 Å². The van der Waals surface area contributed by atoms with Crippen molar-refractivity contribution in [2.45, 2.75) is 26.2 Å². The summed E-state index contributed by atoms with van der Waals surface area (Å²) in [5.74, 6) is 1.58. The molecule has 2 aromatic heterocycles. The van der Waals surface area contributed by atoms with E-state index in [0.29, 0.717) is 12.5 Å². The zero-order chi connectivity index (χ0) is 18.8. The third-order valence-electron chi connectivity index (χ3n) is 5.40. The zero-order valence-corrected chi connectivity index (χ0v) is 15.9. The Labute approximate surface area is 158 Å². The first-order valence-electron chi connectivity index (χ1n) is 9.53. The highest BCUT2D eigenvalue weighted by Gasteiger charge is 2.23. The number of carbonyl (C=O) groups excluding carboxylic acids is 1. The Morgan fingerprint density at radius 2 is 2.22 bits per heavy atom. The summed E-state index contributed by atoms with van der Waals surface area (Å²) in [7, 11) is 1.87. The summed E-state index contributed by atoms with van der Waals surface area (Å²) in [5, 5.41) is 7.15. The second-order valence-corrected chi connectivity index (χ2v) is 7.46. The second-order valence-electron chi connectivity index (χ2n) is 7.46. The molecule has 3 heterocycles. The Balaban J connectivity index is 1.33. The molecule has 3 aromatic rings. The Hall–Kier alpha value is -2.67. The molecule has 1 aliphatic heterocycles. The van der Waals surface area contributed by atoms with Crippen LogP contribution in [0.15, 0.2) is 30.5 Å². The maximum Gasteiger partial charge on any atom is 0.238 e. The number of fused-ring (bicyclic) bond motifs is 1. The first kappa shape index (κ1) is 17.7. The number of hydrogen-bond donors (Lipinski definition) is 2. The van der Waals surface area contributed by atoms with Gasteiger partial charge in [0.1, 0.15) is 5.82 Å². The molecule has 1 saturated heterocycles. The van der Waals surface area contributed by atoms with Crippen molar-refractivity contribution in [2.75, 3.05) is 25.0 Å². The molecule has 0 spiro atoms. The largest absolute Gasteiger partial charge is 0.342 e. The lowest BCUT2D eigenvalue weighted by molar-refractivity contribution is -0.117. The third kappa shape index (κ3) is 4.03. The Bertz CT molecular complexity index is 910. The molecule has 142 valence electrons. The predicted octanol–water partition coefficient (Wildman–Crippen LogP) is 2.50. The topological polar surface area (TPSA) is 78.8 Å². The molecule has 7 nitrogen and oxygen atoms in total. The molecule has 2 N–H and O–H groups in total. The summed E-state index contributed by atoms with van der Waals surface area (Å²) in [6.45, 7) is 4.27. The Morgan fingerprint density at radius 3 is 3.00 bits per heavy atom. The lowest BCUT2D eigenvalue weighted by Gasteiger charge is -2.31. The summed E-state index contributed by atoms with van der Waals surface area (Å²) in [4.78, 5) is 22.8. The van der Waals surface area contributed by atoms with Crippen LogP contribution in [0.2, 0.25) is 0 Å². The van der Waals surface area contributed by atoms with Gasteiger partial charge in [0.25, 0.3) is 0 Å².